The van der Waals surface area contributed by atoms with Gasteiger partial charge in [-0.25, -0.2) is 0 Å². The normalized spacial score (nSPS) is 18.1. The molecule has 1 saturated carbocycles. The van der Waals surface area contributed by atoms with Crippen LogP contribution in [0, 0.1) is 25.7 Å². The van der Waals surface area contributed by atoms with E-state index in [1.807, 2.05) is 27.7 Å². The molecule has 0 bridgehead atoms. The number of hydrogen-bond donors (Lipinski definition) is 1. The third-order valence-corrected chi connectivity index (χ3v) is 5.87. The molecule has 0 aromatic heterocycles. The zero-order chi connectivity index (χ0) is 22.4. The molecule has 2 aromatic carbocycles. The summed E-state index contributed by atoms with van der Waals surface area (Å²) >= 11 is 0. The molecule has 0 unspecified atom stereocenters. The molecule has 168 valence electrons. The van der Waals surface area contributed by atoms with E-state index in [9.17, 15) is 0 Å². The monoisotopic (exact) mass is 410 g/mol. The van der Waals surface area contributed by atoms with Crippen LogP contribution in [-0.4, -0.2) is 18.0 Å². The van der Waals surface area contributed by atoms with Crippen LogP contribution >= 0.6 is 0 Å². The summed E-state index contributed by atoms with van der Waals surface area (Å²) in [5, 5.41) is 0. The van der Waals surface area contributed by atoms with E-state index in [0.29, 0.717) is 0 Å². The Hall–Kier alpha value is -1.64. The Morgan fingerprint density at radius 1 is 0.667 bits per heavy atom. The number of nitrogens with zero attached hydrogens (tertiary/aromatic N) is 1. The highest BCUT2D eigenvalue weighted by atomic mass is 15.1. The topological polar surface area (TPSA) is 29.3 Å². The summed E-state index contributed by atoms with van der Waals surface area (Å²) in [5.74, 6) is 1.57. The van der Waals surface area contributed by atoms with Gasteiger partial charge in [-0.05, 0) is 69.0 Å². The van der Waals surface area contributed by atoms with E-state index in [1.165, 1.54) is 54.5 Å². The van der Waals surface area contributed by atoms with Gasteiger partial charge < -0.3 is 5.73 Å². The predicted molar refractivity (Wildman–Crippen MR) is 134 cm³/mol. The molecule has 1 fully saturated rings. The zero-order valence-electron chi connectivity index (χ0n) is 20.5. The van der Waals surface area contributed by atoms with Crippen molar-refractivity contribution in [2.75, 3.05) is 13.1 Å². The minimum Gasteiger partial charge on any atom is -0.330 e. The lowest BCUT2D eigenvalue weighted by Gasteiger charge is -2.32. The minimum atomic E-state index is 0.758. The van der Waals surface area contributed by atoms with Gasteiger partial charge in [0.15, 0.2) is 0 Å². The maximum Gasteiger partial charge on any atom is 0.0237 e. The molecule has 0 heterocycles. The second-order valence-electron chi connectivity index (χ2n) is 8.26. The summed E-state index contributed by atoms with van der Waals surface area (Å²) in [5.41, 5.74) is 11.4. The average molecular weight is 411 g/mol. The van der Waals surface area contributed by atoms with Crippen molar-refractivity contribution in [2.45, 2.75) is 80.3 Å². The van der Waals surface area contributed by atoms with Crippen LogP contribution in [0.2, 0.25) is 0 Å². The highest BCUT2D eigenvalue weighted by molar-refractivity contribution is 5.23. The smallest absolute Gasteiger partial charge is 0.0237 e. The lowest BCUT2D eigenvalue weighted by molar-refractivity contribution is 0.170. The molecule has 1 aliphatic carbocycles. The molecule has 2 aromatic rings. The van der Waals surface area contributed by atoms with Gasteiger partial charge in [-0.1, -0.05) is 87.4 Å². The van der Waals surface area contributed by atoms with Gasteiger partial charge in [0.25, 0.3) is 0 Å². The van der Waals surface area contributed by atoms with Crippen molar-refractivity contribution < 1.29 is 0 Å². The summed E-state index contributed by atoms with van der Waals surface area (Å²) < 4.78 is 0. The van der Waals surface area contributed by atoms with E-state index in [2.05, 4.69) is 67.3 Å². The fourth-order valence-electron chi connectivity index (χ4n) is 4.10. The van der Waals surface area contributed by atoms with Crippen LogP contribution in [0.4, 0.5) is 0 Å². The predicted octanol–water partition coefficient (Wildman–Crippen LogP) is 7.12. The van der Waals surface area contributed by atoms with E-state index < -0.39 is 0 Å². The third-order valence-electron chi connectivity index (χ3n) is 5.87. The Morgan fingerprint density at radius 3 is 1.40 bits per heavy atom. The molecule has 0 spiro atoms. The quantitative estimate of drug-likeness (QED) is 0.526. The minimum absolute atomic E-state index is 0.758. The Morgan fingerprint density at radius 2 is 1.03 bits per heavy atom. The molecule has 2 nitrogen and oxygen atoms in total. The summed E-state index contributed by atoms with van der Waals surface area (Å²) in [6.45, 7) is 16.4. The lowest BCUT2D eigenvalue weighted by Crippen LogP contribution is -2.32. The van der Waals surface area contributed by atoms with Crippen molar-refractivity contribution in [3.8, 4) is 0 Å². The lowest BCUT2D eigenvalue weighted by atomic mass is 9.82. The van der Waals surface area contributed by atoms with Crippen LogP contribution in [0.1, 0.15) is 75.6 Å². The molecule has 0 amide bonds. The molecule has 2 heteroatoms. The van der Waals surface area contributed by atoms with Crippen LogP contribution in [0.15, 0.2) is 48.5 Å². The van der Waals surface area contributed by atoms with Gasteiger partial charge in [-0.15, -0.1) is 0 Å². The van der Waals surface area contributed by atoms with Crippen LogP contribution in [0.5, 0.6) is 0 Å². The average Bonchev–Trinajstić information content (AvgIpc) is 2.80. The van der Waals surface area contributed by atoms with Gasteiger partial charge in [0.2, 0.25) is 0 Å². The summed E-state index contributed by atoms with van der Waals surface area (Å²) in [7, 11) is 0. The molecule has 0 aliphatic heterocycles. The second kappa shape index (κ2) is 15.2. The zero-order valence-corrected chi connectivity index (χ0v) is 20.5. The standard InChI is InChI=1S/C24H34N2.2C2H6/c1-19-3-7-22(8-4-19)16-26(17-23-9-5-20(2)6-10-23)18-24-13-11-21(15-25)12-14-24;2*1-2/h3-10,21,24H,11-18,25H2,1-2H3;2*1-2H3. The molecular weight excluding hydrogens is 364 g/mol. The molecule has 0 saturated heterocycles. The van der Waals surface area contributed by atoms with E-state index >= 15 is 0 Å². The van der Waals surface area contributed by atoms with E-state index in [-0.39, 0.29) is 0 Å². The largest absolute Gasteiger partial charge is 0.330 e. The van der Waals surface area contributed by atoms with Gasteiger partial charge in [0.05, 0.1) is 0 Å². The molecule has 0 atom stereocenters. The number of rotatable bonds is 7. The van der Waals surface area contributed by atoms with Crippen LogP contribution < -0.4 is 5.73 Å². The fraction of sp³-hybridized carbons (Fsp3) is 0.571. The third kappa shape index (κ3) is 9.45. The first-order chi connectivity index (χ1) is 14.6. The van der Waals surface area contributed by atoms with Crippen LogP contribution in [0.25, 0.3) is 0 Å². The van der Waals surface area contributed by atoms with Gasteiger partial charge in [-0.2, -0.15) is 0 Å². The Balaban J connectivity index is 0.00000106. The second-order valence-corrected chi connectivity index (χ2v) is 8.26. The first-order valence-corrected chi connectivity index (χ1v) is 12.2. The first kappa shape index (κ1) is 26.4. The van der Waals surface area contributed by atoms with Gasteiger partial charge >= 0.3 is 0 Å². The van der Waals surface area contributed by atoms with Crippen molar-refractivity contribution in [1.29, 1.82) is 0 Å². The first-order valence-electron chi connectivity index (χ1n) is 12.2. The SMILES string of the molecule is CC.CC.Cc1ccc(CN(Cc2ccc(C)cc2)CC2CCC(CN)CC2)cc1. The molecule has 30 heavy (non-hydrogen) atoms. The van der Waals surface area contributed by atoms with E-state index in [4.69, 9.17) is 5.73 Å². The maximum absolute atomic E-state index is 5.87. The highest BCUT2D eigenvalue weighted by Crippen LogP contribution is 2.29. The van der Waals surface area contributed by atoms with Crippen LogP contribution in [-0.2, 0) is 13.1 Å². The number of nitrogens with two attached hydrogens (primary N) is 1. The molecule has 0 radical (unpaired) electrons. The summed E-state index contributed by atoms with van der Waals surface area (Å²) in [4.78, 5) is 2.64. The number of aryl methyl sites for hydroxylation is 2. The fourth-order valence-corrected chi connectivity index (χ4v) is 4.10. The van der Waals surface area contributed by atoms with Crippen molar-refractivity contribution in [1.82, 2.24) is 4.90 Å². The highest BCUT2D eigenvalue weighted by Gasteiger charge is 2.22. The summed E-state index contributed by atoms with van der Waals surface area (Å²) in [6.07, 6.45) is 5.29. The van der Waals surface area contributed by atoms with E-state index in [1.54, 1.807) is 0 Å². The van der Waals surface area contributed by atoms with Crippen LogP contribution in [0.3, 0.4) is 0 Å². The molecule has 3 rings (SSSR count). The van der Waals surface area contributed by atoms with Gasteiger partial charge in [0, 0.05) is 19.6 Å². The number of benzene rings is 2. The van der Waals surface area contributed by atoms with E-state index in [0.717, 1.165) is 31.5 Å². The Labute approximate surface area is 186 Å². The molecule has 1 aliphatic rings. The van der Waals surface area contributed by atoms with Gasteiger partial charge in [0.1, 0.15) is 0 Å². The molecule has 2 N–H and O–H groups in total. The Bertz CT molecular complexity index is 605. The van der Waals surface area contributed by atoms with Crippen molar-refractivity contribution in [3.05, 3.63) is 70.8 Å². The van der Waals surface area contributed by atoms with Crippen molar-refractivity contribution in [3.63, 3.8) is 0 Å². The number of hydrogen-bond acceptors (Lipinski definition) is 2. The van der Waals surface area contributed by atoms with Crippen molar-refractivity contribution >= 4 is 0 Å². The molecular formula is C28H46N2. The Kier molecular flexibility index (Phi) is 13.4. The van der Waals surface area contributed by atoms with Gasteiger partial charge in [-0.3, -0.25) is 4.90 Å². The van der Waals surface area contributed by atoms with Crippen molar-refractivity contribution in [2.24, 2.45) is 17.6 Å². The summed E-state index contributed by atoms with van der Waals surface area (Å²) in [6, 6.07) is 18.0. The maximum atomic E-state index is 5.87.